The summed E-state index contributed by atoms with van der Waals surface area (Å²) in [7, 11) is 0. The van der Waals surface area contributed by atoms with Gasteiger partial charge in [-0.2, -0.15) is 0 Å². The minimum absolute atomic E-state index is 0.0483. The Labute approximate surface area is 121 Å². The zero-order valence-corrected chi connectivity index (χ0v) is 13.2. The Kier molecular flexibility index (Phi) is 3.85. The second-order valence-electron chi connectivity index (χ2n) is 6.52. The molecule has 106 valence electrons. The summed E-state index contributed by atoms with van der Waals surface area (Å²) in [6.07, 6.45) is 0.933. The first-order valence-corrected chi connectivity index (χ1v) is 7.29. The molecular formula is C16H23ClO2. The first-order valence-electron chi connectivity index (χ1n) is 6.76. The molecule has 0 radical (unpaired) electrons. The lowest BCUT2D eigenvalue weighted by molar-refractivity contribution is -0.0846. The molecule has 1 aromatic rings. The van der Waals surface area contributed by atoms with Gasteiger partial charge in [-0.1, -0.05) is 17.7 Å². The molecule has 1 saturated heterocycles. The molecule has 0 aromatic heterocycles. The Morgan fingerprint density at radius 2 is 2.00 bits per heavy atom. The number of ether oxygens (including phenoxy) is 2. The maximum Gasteiger partial charge on any atom is 0.130 e. The van der Waals surface area contributed by atoms with Gasteiger partial charge in [0.2, 0.25) is 0 Å². The third kappa shape index (κ3) is 3.24. The second-order valence-corrected chi connectivity index (χ2v) is 6.79. The highest BCUT2D eigenvalue weighted by Gasteiger charge is 2.47. The fourth-order valence-electron chi connectivity index (χ4n) is 2.78. The van der Waals surface area contributed by atoms with Gasteiger partial charge in [-0.15, -0.1) is 11.6 Å². The average Bonchev–Trinajstić information content (AvgIpc) is 2.49. The van der Waals surface area contributed by atoms with E-state index in [1.165, 1.54) is 5.56 Å². The van der Waals surface area contributed by atoms with Crippen LogP contribution < -0.4 is 4.74 Å². The summed E-state index contributed by atoms with van der Waals surface area (Å²) in [6, 6.07) is 6.14. The predicted octanol–water partition coefficient (Wildman–Crippen LogP) is 4.46. The van der Waals surface area contributed by atoms with E-state index in [9.17, 15) is 0 Å². The van der Waals surface area contributed by atoms with Crippen LogP contribution in [0, 0.1) is 6.92 Å². The number of halogens is 1. The Bertz CT molecular complexity index is 466. The minimum atomic E-state index is -0.280. The monoisotopic (exact) mass is 282 g/mol. The lowest BCUT2D eigenvalue weighted by Gasteiger charge is -2.28. The van der Waals surface area contributed by atoms with E-state index in [4.69, 9.17) is 21.1 Å². The van der Waals surface area contributed by atoms with Gasteiger partial charge >= 0.3 is 0 Å². The van der Waals surface area contributed by atoms with Crippen molar-refractivity contribution >= 4 is 11.6 Å². The van der Waals surface area contributed by atoms with Crippen LogP contribution >= 0.6 is 11.6 Å². The van der Waals surface area contributed by atoms with E-state index >= 15 is 0 Å². The SMILES string of the molecule is Cc1ccc(OC2CC(C)(C)OC2(C)C)c(CCl)c1. The van der Waals surface area contributed by atoms with Gasteiger partial charge in [-0.05, 0) is 40.7 Å². The molecule has 2 rings (SSSR count). The van der Waals surface area contributed by atoms with Gasteiger partial charge in [0, 0.05) is 12.0 Å². The van der Waals surface area contributed by atoms with Crippen molar-refractivity contribution in [3.8, 4) is 5.75 Å². The summed E-state index contributed by atoms with van der Waals surface area (Å²) in [6.45, 7) is 10.4. The number of benzene rings is 1. The Hall–Kier alpha value is -0.730. The molecule has 1 unspecified atom stereocenters. The Morgan fingerprint density at radius 1 is 1.32 bits per heavy atom. The Morgan fingerprint density at radius 3 is 2.53 bits per heavy atom. The summed E-state index contributed by atoms with van der Waals surface area (Å²) >= 11 is 6.01. The molecule has 1 aliphatic rings. The van der Waals surface area contributed by atoms with E-state index in [1.807, 2.05) is 6.07 Å². The van der Waals surface area contributed by atoms with Crippen molar-refractivity contribution in [1.82, 2.24) is 0 Å². The van der Waals surface area contributed by atoms with Gasteiger partial charge in [0.25, 0.3) is 0 Å². The van der Waals surface area contributed by atoms with Gasteiger partial charge in [0.1, 0.15) is 17.5 Å². The fraction of sp³-hybridized carbons (Fsp3) is 0.625. The maximum atomic E-state index is 6.19. The Balaban J connectivity index is 2.22. The topological polar surface area (TPSA) is 18.5 Å². The van der Waals surface area contributed by atoms with Gasteiger partial charge in [0.15, 0.2) is 0 Å². The number of hydrogen-bond donors (Lipinski definition) is 0. The molecule has 1 atom stereocenters. The molecule has 1 fully saturated rings. The van der Waals surface area contributed by atoms with E-state index in [-0.39, 0.29) is 17.3 Å². The molecule has 0 amide bonds. The lowest BCUT2D eigenvalue weighted by Crippen LogP contribution is -2.36. The average molecular weight is 283 g/mol. The number of rotatable bonds is 3. The number of alkyl halides is 1. The van der Waals surface area contributed by atoms with Crippen molar-refractivity contribution in [3.05, 3.63) is 29.3 Å². The van der Waals surface area contributed by atoms with Crippen LogP contribution in [0.5, 0.6) is 5.75 Å². The van der Waals surface area contributed by atoms with Crippen LogP contribution in [0.15, 0.2) is 18.2 Å². The molecule has 1 aliphatic heterocycles. The van der Waals surface area contributed by atoms with Crippen LogP contribution in [0.1, 0.15) is 45.2 Å². The van der Waals surface area contributed by atoms with E-state index < -0.39 is 0 Å². The van der Waals surface area contributed by atoms with Crippen molar-refractivity contribution in [2.75, 3.05) is 0 Å². The molecular weight excluding hydrogens is 260 g/mol. The van der Waals surface area contributed by atoms with Gasteiger partial charge < -0.3 is 9.47 Å². The zero-order valence-electron chi connectivity index (χ0n) is 12.4. The van der Waals surface area contributed by atoms with E-state index in [2.05, 4.69) is 46.8 Å². The minimum Gasteiger partial charge on any atom is -0.487 e. The molecule has 3 heteroatoms. The highest BCUT2D eigenvalue weighted by atomic mass is 35.5. The summed E-state index contributed by atoms with van der Waals surface area (Å²) < 4.78 is 12.3. The van der Waals surface area contributed by atoms with Crippen LogP contribution in [0.4, 0.5) is 0 Å². The van der Waals surface area contributed by atoms with Gasteiger partial charge in [-0.3, -0.25) is 0 Å². The van der Waals surface area contributed by atoms with Crippen molar-refractivity contribution in [3.63, 3.8) is 0 Å². The first-order chi connectivity index (χ1) is 8.73. The first kappa shape index (κ1) is 14.7. The molecule has 0 bridgehead atoms. The normalized spacial score (nSPS) is 24.4. The molecule has 2 nitrogen and oxygen atoms in total. The largest absolute Gasteiger partial charge is 0.487 e. The highest BCUT2D eigenvalue weighted by molar-refractivity contribution is 6.17. The van der Waals surface area contributed by atoms with Crippen LogP contribution in [-0.4, -0.2) is 17.3 Å². The molecule has 1 aromatic carbocycles. The number of aryl methyl sites for hydroxylation is 1. The third-order valence-electron chi connectivity index (χ3n) is 3.62. The molecule has 0 saturated carbocycles. The molecule has 19 heavy (non-hydrogen) atoms. The predicted molar refractivity (Wildman–Crippen MR) is 79.0 cm³/mol. The van der Waals surface area contributed by atoms with E-state index in [0.717, 1.165) is 17.7 Å². The van der Waals surface area contributed by atoms with E-state index in [1.54, 1.807) is 0 Å². The van der Waals surface area contributed by atoms with Crippen molar-refractivity contribution in [1.29, 1.82) is 0 Å². The smallest absolute Gasteiger partial charge is 0.130 e. The zero-order chi connectivity index (χ0) is 14.3. The summed E-state index contributed by atoms with van der Waals surface area (Å²) in [4.78, 5) is 0. The summed E-state index contributed by atoms with van der Waals surface area (Å²) in [5, 5.41) is 0. The van der Waals surface area contributed by atoms with Crippen molar-refractivity contribution < 1.29 is 9.47 Å². The summed E-state index contributed by atoms with van der Waals surface area (Å²) in [5.41, 5.74) is 1.82. The van der Waals surface area contributed by atoms with Crippen LogP contribution in [0.2, 0.25) is 0 Å². The van der Waals surface area contributed by atoms with E-state index in [0.29, 0.717) is 5.88 Å². The third-order valence-corrected chi connectivity index (χ3v) is 3.91. The van der Waals surface area contributed by atoms with Gasteiger partial charge in [0.05, 0.1) is 11.5 Å². The van der Waals surface area contributed by atoms with Crippen LogP contribution in [0.3, 0.4) is 0 Å². The quantitative estimate of drug-likeness (QED) is 0.762. The molecule has 1 heterocycles. The lowest BCUT2D eigenvalue weighted by atomic mass is 9.97. The van der Waals surface area contributed by atoms with Gasteiger partial charge in [-0.25, -0.2) is 0 Å². The highest BCUT2D eigenvalue weighted by Crippen LogP contribution is 2.40. The number of hydrogen-bond acceptors (Lipinski definition) is 2. The fourth-order valence-corrected chi connectivity index (χ4v) is 2.99. The van der Waals surface area contributed by atoms with Crippen molar-refractivity contribution in [2.24, 2.45) is 0 Å². The second kappa shape index (κ2) is 4.99. The summed E-state index contributed by atoms with van der Waals surface area (Å²) in [5.74, 6) is 1.34. The molecule has 0 spiro atoms. The van der Waals surface area contributed by atoms with Crippen LogP contribution in [0.25, 0.3) is 0 Å². The van der Waals surface area contributed by atoms with Crippen molar-refractivity contribution in [2.45, 2.75) is 64.2 Å². The maximum absolute atomic E-state index is 6.19. The molecule has 0 N–H and O–H groups in total. The standard InChI is InChI=1S/C16H23ClO2/c1-11-6-7-13(12(8-11)10-17)18-14-9-15(2,3)19-16(14,4)5/h6-8,14H,9-10H2,1-5H3. The molecule has 0 aliphatic carbocycles. The van der Waals surface area contributed by atoms with Crippen LogP contribution in [-0.2, 0) is 10.6 Å².